The molecule has 0 amide bonds. The predicted molar refractivity (Wildman–Crippen MR) is 77.0 cm³/mol. The maximum atomic E-state index is 9.90. The van der Waals surface area contributed by atoms with Gasteiger partial charge in [0, 0.05) is 34.6 Å². The predicted octanol–water partition coefficient (Wildman–Crippen LogP) is 4.14. The van der Waals surface area contributed by atoms with E-state index in [-0.39, 0.29) is 34.6 Å². The zero-order chi connectivity index (χ0) is 15.3. The fraction of sp³-hybridized carbons (Fsp3) is 0.800. The Balaban J connectivity index is -0.000000277. The Morgan fingerprint density at radius 1 is 1.05 bits per heavy atom. The largest absolute Gasteiger partial charge is 0.481 e. The van der Waals surface area contributed by atoms with Crippen molar-refractivity contribution in [3.05, 3.63) is 5.92 Å². The Bertz CT molecular complexity index is 226. The third-order valence-corrected chi connectivity index (χ3v) is 2.78. The van der Waals surface area contributed by atoms with E-state index >= 15 is 0 Å². The fourth-order valence-electron chi connectivity index (χ4n) is 1.26. The Morgan fingerprint density at radius 3 is 1.70 bits per heavy atom. The number of carboxylic acid groups (broad SMARTS) is 2. The van der Waals surface area contributed by atoms with E-state index in [1.807, 2.05) is 0 Å². The van der Waals surface area contributed by atoms with E-state index in [1.165, 1.54) is 19.3 Å². The summed E-state index contributed by atoms with van der Waals surface area (Å²) in [5.41, 5.74) is 0. The number of unbranched alkanes of at least 4 members (excludes halogenated alkanes) is 1. The van der Waals surface area contributed by atoms with Crippen LogP contribution >= 0.6 is 0 Å². The third kappa shape index (κ3) is 26.3. The van der Waals surface area contributed by atoms with Gasteiger partial charge in [-0.15, -0.1) is 0 Å². The van der Waals surface area contributed by atoms with Crippen molar-refractivity contribution in [3.8, 4) is 0 Å². The first-order valence-electron chi connectivity index (χ1n) is 7.04. The molecular weight excluding hydrogens is 292 g/mol. The normalized spacial score (nSPS) is 9.70. The molecule has 0 spiro atoms. The van der Waals surface area contributed by atoms with Gasteiger partial charge in [0.1, 0.15) is 0 Å². The Morgan fingerprint density at radius 2 is 1.45 bits per heavy atom. The number of carbonyl (C=O) groups is 2. The first kappa shape index (κ1) is 24.7. The molecular formula is C15H29O4Ti-. The molecule has 0 aliphatic heterocycles. The van der Waals surface area contributed by atoms with Crippen LogP contribution in [0.2, 0.25) is 0 Å². The van der Waals surface area contributed by atoms with Crippen molar-refractivity contribution in [1.82, 2.24) is 0 Å². The molecule has 0 aliphatic rings. The molecule has 0 heterocycles. The fourth-order valence-corrected chi connectivity index (χ4v) is 1.26. The first-order valence-corrected chi connectivity index (χ1v) is 7.04. The Kier molecular flexibility index (Phi) is 20.6. The van der Waals surface area contributed by atoms with Gasteiger partial charge in [-0.3, -0.25) is 9.59 Å². The van der Waals surface area contributed by atoms with Crippen LogP contribution in [0, 0.1) is 11.8 Å². The van der Waals surface area contributed by atoms with Gasteiger partial charge in [0.25, 0.3) is 0 Å². The van der Waals surface area contributed by atoms with E-state index in [0.717, 1.165) is 5.92 Å². The van der Waals surface area contributed by atoms with Crippen LogP contribution in [0.4, 0.5) is 0 Å². The van der Waals surface area contributed by atoms with Crippen LogP contribution in [0.3, 0.4) is 0 Å². The minimum Gasteiger partial charge on any atom is -0.481 e. The molecule has 0 radical (unpaired) electrons. The van der Waals surface area contributed by atoms with Crippen molar-refractivity contribution in [2.24, 2.45) is 5.92 Å². The zero-order valence-corrected chi connectivity index (χ0v) is 14.8. The molecule has 118 valence electrons. The Hall–Kier alpha value is -0.346. The summed E-state index contributed by atoms with van der Waals surface area (Å²) in [5, 5.41) is 16.3. The summed E-state index contributed by atoms with van der Waals surface area (Å²) >= 11 is 0. The molecule has 5 heteroatoms. The van der Waals surface area contributed by atoms with Gasteiger partial charge >= 0.3 is 11.9 Å². The van der Waals surface area contributed by atoms with Crippen LogP contribution in [-0.2, 0) is 31.3 Å². The minimum absolute atomic E-state index is 0. The molecule has 0 aromatic rings. The van der Waals surface area contributed by atoms with Crippen LogP contribution < -0.4 is 0 Å². The van der Waals surface area contributed by atoms with E-state index in [1.54, 1.807) is 5.92 Å². The monoisotopic (exact) mass is 321 g/mol. The quantitative estimate of drug-likeness (QED) is 0.380. The second kappa shape index (κ2) is 16.7. The van der Waals surface area contributed by atoms with Gasteiger partial charge in [0.05, 0.1) is 0 Å². The maximum Gasteiger partial charge on any atom is 0.303 e. The van der Waals surface area contributed by atoms with Gasteiger partial charge in [0.2, 0.25) is 0 Å². The van der Waals surface area contributed by atoms with E-state index in [2.05, 4.69) is 27.7 Å². The van der Waals surface area contributed by atoms with Gasteiger partial charge in [-0.2, -0.15) is 19.8 Å². The smallest absolute Gasteiger partial charge is 0.303 e. The summed E-state index contributed by atoms with van der Waals surface area (Å²) in [6.45, 7) is 9.05. The summed E-state index contributed by atoms with van der Waals surface area (Å²) < 4.78 is 0. The number of hydrogen-bond acceptors (Lipinski definition) is 2. The SMILES string of the molecule is CC[C-](C)CCC(C)C.O=C(O)CCCCC(=O)O.[Ti]. The van der Waals surface area contributed by atoms with E-state index in [4.69, 9.17) is 10.2 Å². The van der Waals surface area contributed by atoms with Crippen molar-refractivity contribution >= 4 is 11.9 Å². The molecule has 0 bridgehead atoms. The number of aliphatic carboxylic acids is 2. The van der Waals surface area contributed by atoms with Crippen molar-refractivity contribution in [1.29, 1.82) is 0 Å². The van der Waals surface area contributed by atoms with Crippen molar-refractivity contribution in [2.75, 3.05) is 0 Å². The van der Waals surface area contributed by atoms with Crippen LogP contribution in [0.5, 0.6) is 0 Å². The molecule has 0 unspecified atom stereocenters. The van der Waals surface area contributed by atoms with Gasteiger partial charge in [-0.1, -0.05) is 27.2 Å². The molecule has 4 nitrogen and oxygen atoms in total. The van der Waals surface area contributed by atoms with Gasteiger partial charge in [-0.25, -0.2) is 0 Å². The van der Waals surface area contributed by atoms with Crippen LogP contribution in [0.1, 0.15) is 72.6 Å². The topological polar surface area (TPSA) is 74.6 Å². The van der Waals surface area contributed by atoms with E-state index in [0.29, 0.717) is 12.8 Å². The molecule has 0 aromatic heterocycles. The van der Waals surface area contributed by atoms with Crippen molar-refractivity contribution in [3.63, 3.8) is 0 Å². The molecule has 2 N–H and O–H groups in total. The second-order valence-corrected chi connectivity index (χ2v) is 5.24. The molecule has 20 heavy (non-hydrogen) atoms. The number of rotatable bonds is 9. The molecule has 0 atom stereocenters. The van der Waals surface area contributed by atoms with Gasteiger partial charge in [0.15, 0.2) is 0 Å². The average Bonchev–Trinajstić information content (AvgIpc) is 2.32. The summed E-state index contributed by atoms with van der Waals surface area (Å²) in [7, 11) is 0. The van der Waals surface area contributed by atoms with E-state index < -0.39 is 11.9 Å². The number of carboxylic acids is 2. The first-order chi connectivity index (χ1) is 8.79. The van der Waals surface area contributed by atoms with Crippen LogP contribution in [0.15, 0.2) is 0 Å². The van der Waals surface area contributed by atoms with Crippen molar-refractivity contribution in [2.45, 2.75) is 72.6 Å². The van der Waals surface area contributed by atoms with Gasteiger partial charge in [-0.05, 0) is 18.8 Å². The average molecular weight is 321 g/mol. The number of hydrogen-bond donors (Lipinski definition) is 2. The van der Waals surface area contributed by atoms with Crippen molar-refractivity contribution < 1.29 is 41.5 Å². The summed E-state index contributed by atoms with van der Waals surface area (Å²) in [4.78, 5) is 19.8. The molecule has 0 saturated heterocycles. The molecule has 0 aliphatic carbocycles. The van der Waals surface area contributed by atoms with E-state index in [9.17, 15) is 9.59 Å². The molecule has 0 saturated carbocycles. The summed E-state index contributed by atoms with van der Waals surface area (Å²) in [6, 6.07) is 0. The van der Waals surface area contributed by atoms with Crippen LogP contribution in [0.25, 0.3) is 0 Å². The molecule has 0 fully saturated rings. The second-order valence-electron chi connectivity index (χ2n) is 5.24. The molecule has 0 rings (SSSR count). The maximum absolute atomic E-state index is 9.90. The minimum atomic E-state index is -0.870. The summed E-state index contributed by atoms with van der Waals surface area (Å²) in [5.74, 6) is 0.769. The van der Waals surface area contributed by atoms with Crippen LogP contribution in [-0.4, -0.2) is 22.2 Å². The van der Waals surface area contributed by atoms with Gasteiger partial charge < -0.3 is 16.1 Å². The summed E-state index contributed by atoms with van der Waals surface area (Å²) in [6.07, 6.45) is 4.96. The third-order valence-electron chi connectivity index (χ3n) is 2.78. The standard InChI is InChI=1S/C9H19.C6H10O4.Ti/c1-5-9(4)7-6-8(2)3;7-5(8)3-1-2-4-6(9)10;/h8H,5-7H2,1-4H3;1-4H2,(H,7,8)(H,9,10);/q-1;;. The zero-order valence-electron chi connectivity index (χ0n) is 13.2. The Labute approximate surface area is 138 Å². The molecule has 0 aromatic carbocycles.